The molecule has 2 heteroatoms. The van der Waals surface area contributed by atoms with Gasteiger partial charge in [0, 0.05) is 4.90 Å². The molecule has 0 aliphatic carbocycles. The zero-order valence-corrected chi connectivity index (χ0v) is 8.78. The molecule has 1 rings (SSSR count). The van der Waals surface area contributed by atoms with Crippen LogP contribution >= 0.6 is 11.8 Å². The summed E-state index contributed by atoms with van der Waals surface area (Å²) in [5.41, 5.74) is 0.973. The molecule has 1 radical (unpaired) electrons. The van der Waals surface area contributed by atoms with E-state index in [4.69, 9.17) is 4.74 Å². The van der Waals surface area contributed by atoms with Crippen molar-refractivity contribution in [3.8, 4) is 5.75 Å². The number of benzene rings is 1. The van der Waals surface area contributed by atoms with Crippen molar-refractivity contribution in [2.75, 3.05) is 12.9 Å². The van der Waals surface area contributed by atoms with Crippen molar-refractivity contribution in [2.24, 2.45) is 0 Å². The third-order valence-electron chi connectivity index (χ3n) is 1.67. The highest BCUT2D eigenvalue weighted by Gasteiger charge is 2.01. The van der Waals surface area contributed by atoms with Crippen molar-refractivity contribution in [1.29, 1.82) is 0 Å². The Bertz CT molecular complexity index is 294. The van der Waals surface area contributed by atoms with Gasteiger partial charge in [0.05, 0.1) is 6.61 Å². The maximum atomic E-state index is 5.48. The molecule has 1 aromatic rings. The molecule has 0 heterocycles. The summed E-state index contributed by atoms with van der Waals surface area (Å²) in [5, 5.41) is 0. The molecule has 0 amide bonds. The number of thioether (sulfide) groups is 1. The van der Waals surface area contributed by atoms with Crippen LogP contribution in [0.5, 0.6) is 5.75 Å². The Morgan fingerprint density at radius 2 is 2.31 bits per heavy atom. The smallest absolute Gasteiger partial charge is 0.133 e. The normalized spacial score (nSPS) is 9.69. The largest absolute Gasteiger partial charge is 0.493 e. The van der Waals surface area contributed by atoms with Crippen LogP contribution in [-0.4, -0.2) is 12.9 Å². The molecule has 0 unspecified atom stereocenters. The van der Waals surface area contributed by atoms with Crippen LogP contribution in [0.3, 0.4) is 0 Å². The third-order valence-corrected chi connectivity index (χ3v) is 2.44. The highest BCUT2D eigenvalue weighted by Crippen LogP contribution is 2.28. The van der Waals surface area contributed by atoms with E-state index in [1.807, 2.05) is 31.4 Å². The minimum atomic E-state index is 0.689. The molecule has 1 aromatic carbocycles. The van der Waals surface area contributed by atoms with Gasteiger partial charge in [-0.1, -0.05) is 12.6 Å². The van der Waals surface area contributed by atoms with Gasteiger partial charge in [-0.05, 0) is 37.0 Å². The Balaban J connectivity index is 3.02. The molecule has 0 spiro atoms. The van der Waals surface area contributed by atoms with Gasteiger partial charge >= 0.3 is 0 Å². The molecule has 0 saturated carbocycles. The van der Waals surface area contributed by atoms with Crippen molar-refractivity contribution in [3.63, 3.8) is 0 Å². The first kappa shape index (κ1) is 10.2. The molecule has 0 atom stereocenters. The summed E-state index contributed by atoms with van der Waals surface area (Å²) in [4.78, 5) is 1.15. The Morgan fingerprint density at radius 1 is 1.54 bits per heavy atom. The van der Waals surface area contributed by atoms with Crippen molar-refractivity contribution >= 4 is 11.8 Å². The first-order valence-corrected chi connectivity index (χ1v) is 5.38. The minimum absolute atomic E-state index is 0.689. The monoisotopic (exact) mass is 193 g/mol. The zero-order chi connectivity index (χ0) is 9.68. The van der Waals surface area contributed by atoms with E-state index in [-0.39, 0.29) is 0 Å². The van der Waals surface area contributed by atoms with E-state index in [2.05, 4.69) is 12.7 Å². The summed E-state index contributed by atoms with van der Waals surface area (Å²) in [6.45, 7) is 6.27. The van der Waals surface area contributed by atoms with Crippen LogP contribution < -0.4 is 4.74 Å². The Kier molecular flexibility index (Phi) is 3.90. The van der Waals surface area contributed by atoms with Gasteiger partial charge in [-0.3, -0.25) is 0 Å². The fourth-order valence-corrected chi connectivity index (χ4v) is 1.58. The molecular weight excluding hydrogens is 180 g/mol. The summed E-state index contributed by atoms with van der Waals surface area (Å²) in [6.07, 6.45) is 4.87. The maximum absolute atomic E-state index is 5.48. The molecule has 69 valence electrons. The van der Waals surface area contributed by atoms with Crippen molar-refractivity contribution < 1.29 is 4.74 Å². The van der Waals surface area contributed by atoms with Gasteiger partial charge in [0.15, 0.2) is 0 Å². The van der Waals surface area contributed by atoms with Crippen molar-refractivity contribution in [3.05, 3.63) is 36.4 Å². The second-order valence-electron chi connectivity index (χ2n) is 2.48. The van der Waals surface area contributed by atoms with Crippen LogP contribution in [0.4, 0.5) is 0 Å². The fraction of sp³-hybridized carbons (Fsp3) is 0.273. The van der Waals surface area contributed by atoms with Gasteiger partial charge in [-0.2, -0.15) is 0 Å². The van der Waals surface area contributed by atoms with E-state index in [9.17, 15) is 0 Å². The van der Waals surface area contributed by atoms with Crippen molar-refractivity contribution in [1.82, 2.24) is 0 Å². The van der Waals surface area contributed by atoms with Crippen LogP contribution in [0.1, 0.15) is 12.5 Å². The maximum Gasteiger partial charge on any atom is 0.133 e. The summed E-state index contributed by atoms with van der Waals surface area (Å²) >= 11 is 1.68. The topological polar surface area (TPSA) is 9.23 Å². The lowest BCUT2D eigenvalue weighted by molar-refractivity contribution is 0.332. The highest BCUT2D eigenvalue weighted by molar-refractivity contribution is 7.98. The van der Waals surface area contributed by atoms with Gasteiger partial charge in [0.2, 0.25) is 0 Å². The SMILES string of the molecule is C=[C]c1ccc(SC)c(OCC)c1. The summed E-state index contributed by atoms with van der Waals surface area (Å²) in [5.74, 6) is 0.920. The average Bonchev–Trinajstić information content (AvgIpc) is 2.18. The zero-order valence-electron chi connectivity index (χ0n) is 7.96. The summed E-state index contributed by atoms with van der Waals surface area (Å²) in [6, 6.07) is 5.98. The molecule has 0 aliphatic rings. The van der Waals surface area contributed by atoms with E-state index in [1.54, 1.807) is 11.8 Å². The number of ether oxygens (including phenoxy) is 1. The molecule has 0 aromatic heterocycles. The van der Waals surface area contributed by atoms with E-state index in [0.29, 0.717) is 6.61 Å². The molecule has 0 aliphatic heterocycles. The Morgan fingerprint density at radius 3 is 2.85 bits per heavy atom. The predicted octanol–water partition coefficient (Wildman–Crippen LogP) is 3.14. The second kappa shape index (κ2) is 4.97. The summed E-state index contributed by atoms with van der Waals surface area (Å²) in [7, 11) is 0. The second-order valence-corrected chi connectivity index (χ2v) is 3.32. The number of hydrogen-bond donors (Lipinski definition) is 0. The first-order chi connectivity index (χ1) is 6.31. The number of hydrogen-bond acceptors (Lipinski definition) is 2. The lowest BCUT2D eigenvalue weighted by Gasteiger charge is -2.08. The fourth-order valence-electron chi connectivity index (χ4n) is 1.05. The molecular formula is C11H13OS. The molecule has 0 fully saturated rings. The van der Waals surface area contributed by atoms with Crippen LogP contribution in [0.2, 0.25) is 0 Å². The Labute approximate surface area is 83.8 Å². The van der Waals surface area contributed by atoms with Gasteiger partial charge in [-0.25, -0.2) is 0 Å². The quantitative estimate of drug-likeness (QED) is 0.679. The van der Waals surface area contributed by atoms with E-state index >= 15 is 0 Å². The predicted molar refractivity (Wildman–Crippen MR) is 57.4 cm³/mol. The van der Waals surface area contributed by atoms with E-state index in [1.165, 1.54) is 0 Å². The van der Waals surface area contributed by atoms with E-state index < -0.39 is 0 Å². The van der Waals surface area contributed by atoms with Gasteiger partial charge < -0.3 is 4.74 Å². The van der Waals surface area contributed by atoms with Crippen LogP contribution in [0.15, 0.2) is 29.7 Å². The van der Waals surface area contributed by atoms with Crippen molar-refractivity contribution in [2.45, 2.75) is 11.8 Å². The van der Waals surface area contributed by atoms with E-state index in [0.717, 1.165) is 16.2 Å². The lowest BCUT2D eigenvalue weighted by atomic mass is 10.2. The summed E-state index contributed by atoms with van der Waals surface area (Å²) < 4.78 is 5.48. The molecule has 1 nitrogen and oxygen atoms in total. The standard InChI is InChI=1S/C11H13OS/c1-4-9-6-7-11(13-3)10(8-9)12-5-2/h6-8H,1,5H2,2-3H3. The number of rotatable bonds is 4. The third kappa shape index (κ3) is 2.52. The molecule has 0 N–H and O–H groups in total. The Hall–Kier alpha value is -0.890. The van der Waals surface area contributed by atoms with Gasteiger partial charge in [0.25, 0.3) is 0 Å². The first-order valence-electron chi connectivity index (χ1n) is 4.15. The average molecular weight is 193 g/mol. The van der Waals surface area contributed by atoms with Gasteiger partial charge in [0.1, 0.15) is 5.75 Å². The molecule has 0 saturated heterocycles. The van der Waals surface area contributed by atoms with Crippen LogP contribution in [0.25, 0.3) is 0 Å². The minimum Gasteiger partial charge on any atom is -0.493 e. The molecule has 13 heavy (non-hydrogen) atoms. The van der Waals surface area contributed by atoms with Gasteiger partial charge in [-0.15, -0.1) is 11.8 Å². The molecule has 0 bridgehead atoms. The van der Waals surface area contributed by atoms with Crippen LogP contribution in [0, 0.1) is 6.08 Å². The highest BCUT2D eigenvalue weighted by atomic mass is 32.2. The van der Waals surface area contributed by atoms with Crippen LogP contribution in [-0.2, 0) is 0 Å². The lowest BCUT2D eigenvalue weighted by Crippen LogP contribution is -1.93.